The van der Waals surface area contributed by atoms with E-state index in [0.29, 0.717) is 12.3 Å². The third-order valence-corrected chi connectivity index (χ3v) is 6.26. The van der Waals surface area contributed by atoms with Crippen molar-refractivity contribution in [2.45, 2.75) is 59.0 Å². The molecule has 0 radical (unpaired) electrons. The zero-order valence-corrected chi connectivity index (χ0v) is 17.4. The van der Waals surface area contributed by atoms with Gasteiger partial charge in [0.05, 0.1) is 13.1 Å². The highest BCUT2D eigenvalue weighted by molar-refractivity contribution is 5.95. The average Bonchev–Trinajstić information content (AvgIpc) is 2.68. The minimum Gasteiger partial charge on any atom is -0.507 e. The number of para-hydroxylation sites is 2. The van der Waals surface area contributed by atoms with Crippen LogP contribution in [0.2, 0.25) is 0 Å². The first-order valence-electron chi connectivity index (χ1n) is 10.5. The normalized spacial score (nSPS) is 17.1. The lowest BCUT2D eigenvalue weighted by Crippen LogP contribution is -2.61. The molecule has 28 heavy (non-hydrogen) atoms. The summed E-state index contributed by atoms with van der Waals surface area (Å²) in [4.78, 5) is 13.4. The van der Waals surface area contributed by atoms with Crippen molar-refractivity contribution in [3.63, 3.8) is 0 Å². The Hall–Kier alpha value is -2.33. The Morgan fingerprint density at radius 3 is 2.29 bits per heavy atom. The van der Waals surface area contributed by atoms with Crippen LogP contribution in [0.3, 0.4) is 0 Å². The molecule has 0 aliphatic carbocycles. The summed E-state index contributed by atoms with van der Waals surface area (Å²) in [5.41, 5.74) is 4.05. The van der Waals surface area contributed by atoms with Gasteiger partial charge in [0.2, 0.25) is 0 Å². The number of amides is 1. The van der Waals surface area contributed by atoms with Gasteiger partial charge in [0.1, 0.15) is 12.3 Å². The molecule has 1 atom stereocenters. The molecule has 1 amide bonds. The lowest BCUT2D eigenvalue weighted by molar-refractivity contribution is -0.959. The predicted molar refractivity (Wildman–Crippen MR) is 114 cm³/mol. The molecular weight excluding hydrogens is 348 g/mol. The maximum absolute atomic E-state index is 13.4. The molecule has 0 spiro atoms. The summed E-state index contributed by atoms with van der Waals surface area (Å²) >= 11 is 0. The van der Waals surface area contributed by atoms with Crippen molar-refractivity contribution < 1.29 is 14.4 Å². The van der Waals surface area contributed by atoms with Crippen LogP contribution in [-0.4, -0.2) is 34.6 Å². The third-order valence-electron chi connectivity index (χ3n) is 6.26. The average molecular weight is 382 g/mol. The number of nitrogens with zero attached hydrogens (tertiary/aromatic N) is 1. The highest BCUT2D eigenvalue weighted by Crippen LogP contribution is 2.32. The van der Waals surface area contributed by atoms with Gasteiger partial charge < -0.3 is 14.9 Å². The molecule has 1 unspecified atom stereocenters. The molecule has 0 saturated carbocycles. The fourth-order valence-corrected chi connectivity index (χ4v) is 4.75. The Morgan fingerprint density at radius 2 is 1.68 bits per heavy atom. The Kier molecular flexibility index (Phi) is 6.40. The highest BCUT2D eigenvalue weighted by atomic mass is 16.3. The van der Waals surface area contributed by atoms with Gasteiger partial charge in [-0.25, -0.2) is 0 Å². The molecule has 4 nitrogen and oxygen atoms in total. The second kappa shape index (κ2) is 8.78. The van der Waals surface area contributed by atoms with Crippen LogP contribution in [0.5, 0.6) is 5.75 Å². The van der Waals surface area contributed by atoms with Crippen LogP contribution in [0, 0.1) is 13.8 Å². The molecule has 150 valence electrons. The van der Waals surface area contributed by atoms with Gasteiger partial charge in [-0.2, -0.15) is 0 Å². The molecule has 1 aliphatic rings. The van der Waals surface area contributed by atoms with E-state index in [1.807, 2.05) is 50.2 Å². The van der Waals surface area contributed by atoms with E-state index in [2.05, 4.69) is 12.2 Å². The lowest BCUT2D eigenvalue weighted by atomic mass is 9.98. The smallest absolute Gasteiger partial charge is 0.282 e. The van der Waals surface area contributed by atoms with Crippen molar-refractivity contribution >= 4 is 11.6 Å². The number of aryl methyl sites for hydroxylation is 2. The van der Waals surface area contributed by atoms with Gasteiger partial charge in [-0.05, 0) is 56.4 Å². The molecule has 0 aromatic heterocycles. The van der Waals surface area contributed by atoms with Gasteiger partial charge in [-0.1, -0.05) is 37.3 Å². The molecule has 1 aliphatic heterocycles. The van der Waals surface area contributed by atoms with Gasteiger partial charge in [-0.15, -0.1) is 0 Å². The minimum atomic E-state index is -0.126. The molecule has 0 bridgehead atoms. The highest BCUT2D eigenvalue weighted by Gasteiger charge is 2.42. The van der Waals surface area contributed by atoms with Gasteiger partial charge in [0.25, 0.3) is 5.91 Å². The van der Waals surface area contributed by atoms with E-state index in [9.17, 15) is 9.90 Å². The monoisotopic (exact) mass is 381 g/mol. The van der Waals surface area contributed by atoms with Crippen LogP contribution in [0.4, 0.5) is 5.69 Å². The van der Waals surface area contributed by atoms with E-state index >= 15 is 0 Å². The fourth-order valence-electron chi connectivity index (χ4n) is 4.75. The van der Waals surface area contributed by atoms with Gasteiger partial charge in [0, 0.05) is 17.7 Å². The number of piperidine rings is 1. The second-order valence-corrected chi connectivity index (χ2v) is 8.19. The Balaban J connectivity index is 1.91. The number of anilines is 1. The van der Waals surface area contributed by atoms with Crippen LogP contribution in [0.25, 0.3) is 0 Å². The number of hydrogen-bond acceptors (Lipinski definition) is 2. The van der Waals surface area contributed by atoms with E-state index in [1.165, 1.54) is 6.42 Å². The fraction of sp³-hybridized carbons (Fsp3) is 0.458. The third kappa shape index (κ3) is 4.22. The van der Waals surface area contributed by atoms with Crippen molar-refractivity contribution in [1.82, 2.24) is 0 Å². The summed E-state index contributed by atoms with van der Waals surface area (Å²) in [5.74, 6) is 0.424. The van der Waals surface area contributed by atoms with E-state index in [1.54, 1.807) is 6.07 Å². The van der Waals surface area contributed by atoms with Crippen LogP contribution >= 0.6 is 0 Å². The van der Waals surface area contributed by atoms with Crippen LogP contribution < -0.4 is 5.32 Å². The first kappa shape index (κ1) is 20.4. The number of carbonyl (C=O) groups excluding carboxylic acids is 1. The Bertz CT molecular complexity index is 805. The molecular formula is C24H33N2O2+. The maximum Gasteiger partial charge on any atom is 0.282 e. The molecule has 2 aromatic carbocycles. The largest absolute Gasteiger partial charge is 0.507 e. The summed E-state index contributed by atoms with van der Waals surface area (Å²) in [6.45, 7) is 8.84. The Labute approximate surface area is 168 Å². The first-order valence-corrected chi connectivity index (χ1v) is 10.5. The number of nitrogens with one attached hydrogen (secondary N) is 1. The Morgan fingerprint density at radius 1 is 1.04 bits per heavy atom. The number of benzene rings is 2. The quantitative estimate of drug-likeness (QED) is 0.697. The summed E-state index contributed by atoms with van der Waals surface area (Å²) in [5, 5.41) is 13.6. The number of likely N-dealkylation sites (tertiary alicyclic amines) is 1. The number of rotatable bonds is 6. The van der Waals surface area contributed by atoms with Gasteiger partial charge in [-0.3, -0.25) is 4.79 Å². The van der Waals surface area contributed by atoms with Crippen molar-refractivity contribution in [2.75, 3.05) is 18.4 Å². The first-order chi connectivity index (χ1) is 13.5. The zero-order chi connectivity index (χ0) is 20.1. The van der Waals surface area contributed by atoms with Crippen molar-refractivity contribution in [3.8, 4) is 5.75 Å². The van der Waals surface area contributed by atoms with Crippen molar-refractivity contribution in [3.05, 3.63) is 59.2 Å². The molecule has 1 saturated heterocycles. The second-order valence-electron chi connectivity index (χ2n) is 8.19. The molecule has 1 fully saturated rings. The topological polar surface area (TPSA) is 49.3 Å². The van der Waals surface area contributed by atoms with Crippen molar-refractivity contribution in [1.29, 1.82) is 0 Å². The standard InChI is InChI=1S/C24H32N2O2/c1-4-21(24(28)25-23-18(2)11-10-12-19(23)3)26(15-8-5-9-16-26)17-20-13-6-7-14-22(20)27/h6-7,10-14,21H,4-5,8-9,15-17H2,1-3H3,(H-,25,27,28)/p+1. The van der Waals surface area contributed by atoms with Crippen LogP contribution in [-0.2, 0) is 11.3 Å². The van der Waals surface area contributed by atoms with Gasteiger partial charge in [0.15, 0.2) is 6.04 Å². The number of quaternary nitrogens is 1. The van der Waals surface area contributed by atoms with Crippen molar-refractivity contribution in [2.24, 2.45) is 0 Å². The predicted octanol–water partition coefficient (Wildman–Crippen LogP) is 4.93. The van der Waals surface area contributed by atoms with Crippen LogP contribution in [0.15, 0.2) is 42.5 Å². The molecule has 4 heteroatoms. The van der Waals surface area contributed by atoms with E-state index in [0.717, 1.165) is 59.2 Å². The summed E-state index contributed by atoms with van der Waals surface area (Å²) < 4.78 is 0.727. The molecule has 1 heterocycles. The summed E-state index contributed by atoms with van der Waals surface area (Å²) in [6.07, 6.45) is 4.25. The number of phenolic OH excluding ortho intramolecular Hbond substituents is 1. The maximum atomic E-state index is 13.4. The summed E-state index contributed by atoms with van der Waals surface area (Å²) in [6, 6.07) is 13.5. The molecule has 3 rings (SSSR count). The van der Waals surface area contributed by atoms with Crippen LogP contribution in [0.1, 0.15) is 49.3 Å². The number of aromatic hydroxyl groups is 1. The number of phenols is 1. The number of hydrogen-bond donors (Lipinski definition) is 2. The van der Waals surface area contributed by atoms with E-state index < -0.39 is 0 Å². The van der Waals surface area contributed by atoms with Gasteiger partial charge >= 0.3 is 0 Å². The summed E-state index contributed by atoms with van der Waals surface area (Å²) in [7, 11) is 0. The van der Waals surface area contributed by atoms with E-state index in [4.69, 9.17) is 0 Å². The lowest BCUT2D eigenvalue weighted by Gasteiger charge is -2.46. The number of carbonyl (C=O) groups is 1. The zero-order valence-electron chi connectivity index (χ0n) is 17.4. The van der Waals surface area contributed by atoms with E-state index in [-0.39, 0.29) is 11.9 Å². The molecule has 2 aromatic rings. The minimum absolute atomic E-state index is 0.0946. The SMILES string of the molecule is CCC(C(=O)Nc1c(C)cccc1C)[N+]1(Cc2ccccc2O)CCCCC1. The molecule has 2 N–H and O–H groups in total.